The van der Waals surface area contributed by atoms with Crippen LogP contribution >= 0.6 is 0 Å². The molecule has 1 N–H and O–H groups in total. The van der Waals surface area contributed by atoms with Crippen molar-refractivity contribution in [3.63, 3.8) is 0 Å². The second-order valence-corrected chi connectivity index (χ2v) is 14.1. The van der Waals surface area contributed by atoms with Gasteiger partial charge in [-0.3, -0.25) is 9.69 Å². The van der Waals surface area contributed by atoms with Gasteiger partial charge in [0.1, 0.15) is 12.0 Å². The SMILES string of the molecule is C=CCc1ccc(O[Si](c2ccccc2)(c2ccccc2)C(C)(C)C)cc1N1C(=O)CCC1O. The Morgan fingerprint density at radius 3 is 2.09 bits per heavy atom. The molecule has 1 aliphatic heterocycles. The highest BCUT2D eigenvalue weighted by Gasteiger charge is 2.52. The third-order valence-corrected chi connectivity index (χ3v) is 11.5. The minimum atomic E-state index is -2.81. The van der Waals surface area contributed by atoms with E-state index >= 15 is 0 Å². The third kappa shape index (κ3) is 4.33. The Kier molecular flexibility index (Phi) is 6.78. The first kappa shape index (κ1) is 24.0. The van der Waals surface area contributed by atoms with E-state index in [0.29, 0.717) is 30.7 Å². The number of allylic oxidation sites excluding steroid dienone is 1. The van der Waals surface area contributed by atoms with Crippen molar-refractivity contribution in [2.24, 2.45) is 0 Å². The Morgan fingerprint density at radius 2 is 1.62 bits per heavy atom. The second-order valence-electron chi connectivity index (χ2n) is 9.83. The molecule has 1 aliphatic rings. The predicted molar refractivity (Wildman–Crippen MR) is 141 cm³/mol. The average molecular weight is 472 g/mol. The van der Waals surface area contributed by atoms with Gasteiger partial charge < -0.3 is 9.53 Å². The van der Waals surface area contributed by atoms with Gasteiger partial charge in [0.15, 0.2) is 0 Å². The molecule has 0 aromatic heterocycles. The number of anilines is 1. The lowest BCUT2D eigenvalue weighted by molar-refractivity contribution is -0.117. The maximum Gasteiger partial charge on any atom is 0.319 e. The molecular formula is C29H33NO3Si. The molecule has 1 amide bonds. The van der Waals surface area contributed by atoms with Gasteiger partial charge in [-0.1, -0.05) is 93.6 Å². The van der Waals surface area contributed by atoms with Crippen LogP contribution in [0.25, 0.3) is 0 Å². The summed E-state index contributed by atoms with van der Waals surface area (Å²) in [5.41, 5.74) is 1.64. The Hall–Kier alpha value is -3.15. The van der Waals surface area contributed by atoms with E-state index in [4.69, 9.17) is 4.43 Å². The highest BCUT2D eigenvalue weighted by molar-refractivity contribution is 7.00. The molecule has 0 saturated carbocycles. The molecular weight excluding hydrogens is 438 g/mol. The zero-order chi connectivity index (χ0) is 24.3. The molecule has 1 atom stereocenters. The van der Waals surface area contributed by atoms with Crippen molar-refractivity contribution in [2.75, 3.05) is 4.90 Å². The summed E-state index contributed by atoms with van der Waals surface area (Å²) in [6.07, 6.45) is 2.37. The summed E-state index contributed by atoms with van der Waals surface area (Å²) in [7, 11) is -2.81. The topological polar surface area (TPSA) is 49.8 Å². The summed E-state index contributed by atoms with van der Waals surface area (Å²) >= 11 is 0. The zero-order valence-electron chi connectivity index (χ0n) is 20.2. The van der Waals surface area contributed by atoms with Crippen molar-refractivity contribution < 1.29 is 14.3 Å². The van der Waals surface area contributed by atoms with Crippen LogP contribution in [-0.4, -0.2) is 25.6 Å². The van der Waals surface area contributed by atoms with Crippen molar-refractivity contribution in [2.45, 2.75) is 51.3 Å². The number of benzene rings is 3. The monoisotopic (exact) mass is 471 g/mol. The normalized spacial score (nSPS) is 16.5. The molecule has 3 aromatic carbocycles. The smallest absolute Gasteiger partial charge is 0.319 e. The van der Waals surface area contributed by atoms with Crippen molar-refractivity contribution in [1.82, 2.24) is 0 Å². The number of aliphatic hydroxyl groups is 1. The molecule has 0 radical (unpaired) electrons. The molecule has 4 nitrogen and oxygen atoms in total. The second kappa shape index (κ2) is 9.61. The van der Waals surface area contributed by atoms with Crippen LogP contribution < -0.4 is 19.7 Å². The summed E-state index contributed by atoms with van der Waals surface area (Å²) in [6.45, 7) is 10.6. The van der Waals surface area contributed by atoms with Crippen LogP contribution in [0.2, 0.25) is 5.04 Å². The van der Waals surface area contributed by atoms with Crippen LogP contribution in [0.3, 0.4) is 0 Å². The maximum atomic E-state index is 12.6. The third-order valence-electron chi connectivity index (χ3n) is 6.55. The number of rotatable bonds is 7. The van der Waals surface area contributed by atoms with E-state index in [2.05, 4.69) is 75.9 Å². The van der Waals surface area contributed by atoms with Crippen LogP contribution in [0.5, 0.6) is 5.75 Å². The molecule has 1 heterocycles. The number of amides is 1. The molecule has 0 aliphatic carbocycles. The summed E-state index contributed by atoms with van der Waals surface area (Å²) in [4.78, 5) is 14.2. The Balaban J connectivity index is 1.90. The van der Waals surface area contributed by atoms with Gasteiger partial charge >= 0.3 is 8.32 Å². The predicted octanol–water partition coefficient (Wildman–Crippen LogP) is 4.80. The largest absolute Gasteiger partial charge is 0.534 e. The maximum absolute atomic E-state index is 12.6. The minimum absolute atomic E-state index is 0.0691. The van der Waals surface area contributed by atoms with Crippen LogP contribution in [0, 0.1) is 0 Å². The quantitative estimate of drug-likeness (QED) is 0.398. The lowest BCUT2D eigenvalue weighted by Gasteiger charge is -2.43. The fourth-order valence-corrected chi connectivity index (χ4v) is 9.36. The summed E-state index contributed by atoms with van der Waals surface area (Å²) in [5, 5.41) is 12.7. The number of nitrogens with zero attached hydrogens (tertiary/aromatic N) is 1. The Morgan fingerprint density at radius 1 is 1.03 bits per heavy atom. The van der Waals surface area contributed by atoms with E-state index in [1.165, 1.54) is 15.3 Å². The highest BCUT2D eigenvalue weighted by Crippen LogP contribution is 2.39. The Labute approximate surface area is 203 Å². The fraction of sp³-hybridized carbons (Fsp3) is 0.276. The molecule has 34 heavy (non-hydrogen) atoms. The first-order valence-corrected chi connectivity index (χ1v) is 13.7. The van der Waals surface area contributed by atoms with Crippen molar-refractivity contribution >= 4 is 30.3 Å². The fourth-order valence-electron chi connectivity index (χ4n) is 4.95. The van der Waals surface area contributed by atoms with Gasteiger partial charge in [0, 0.05) is 18.9 Å². The number of hydrogen-bond acceptors (Lipinski definition) is 3. The molecule has 0 spiro atoms. The lowest BCUT2D eigenvalue weighted by atomic mass is 10.1. The average Bonchev–Trinajstić information content (AvgIpc) is 3.16. The van der Waals surface area contributed by atoms with Crippen molar-refractivity contribution in [3.8, 4) is 5.75 Å². The summed E-state index contributed by atoms with van der Waals surface area (Å²) in [5.74, 6) is 0.629. The van der Waals surface area contributed by atoms with Crippen molar-refractivity contribution in [3.05, 3.63) is 97.1 Å². The van der Waals surface area contributed by atoms with Crippen LogP contribution in [-0.2, 0) is 11.2 Å². The molecule has 5 heteroatoms. The van der Waals surface area contributed by atoms with E-state index in [0.717, 1.165) is 5.56 Å². The molecule has 1 fully saturated rings. The van der Waals surface area contributed by atoms with Gasteiger partial charge in [-0.25, -0.2) is 0 Å². The summed E-state index contributed by atoms with van der Waals surface area (Å²) in [6, 6.07) is 26.8. The first-order chi connectivity index (χ1) is 16.3. The van der Waals surface area contributed by atoms with Gasteiger partial charge in [-0.2, -0.15) is 0 Å². The van der Waals surface area contributed by atoms with Crippen molar-refractivity contribution in [1.29, 1.82) is 0 Å². The molecule has 176 valence electrons. The van der Waals surface area contributed by atoms with Gasteiger partial charge in [0.2, 0.25) is 5.91 Å². The van der Waals surface area contributed by atoms with E-state index < -0.39 is 14.5 Å². The molecule has 0 bridgehead atoms. The van der Waals surface area contributed by atoms with E-state index in [9.17, 15) is 9.90 Å². The van der Waals surface area contributed by atoms with Gasteiger partial charge in [0.05, 0.1) is 5.69 Å². The molecule has 1 saturated heterocycles. The van der Waals surface area contributed by atoms with E-state index in [1.54, 1.807) is 0 Å². The number of hydrogen-bond donors (Lipinski definition) is 1. The van der Waals surface area contributed by atoms with E-state index in [-0.39, 0.29) is 10.9 Å². The van der Waals surface area contributed by atoms with Gasteiger partial charge in [0.25, 0.3) is 0 Å². The van der Waals surface area contributed by atoms with Crippen LogP contribution in [0.4, 0.5) is 5.69 Å². The lowest BCUT2D eigenvalue weighted by Crippen LogP contribution is -2.68. The molecule has 4 rings (SSSR count). The van der Waals surface area contributed by atoms with Gasteiger partial charge in [-0.15, -0.1) is 6.58 Å². The Bertz CT molecular complexity index is 1120. The minimum Gasteiger partial charge on any atom is -0.534 e. The number of carbonyl (C=O) groups excluding carboxylic acids is 1. The summed E-state index contributed by atoms with van der Waals surface area (Å²) < 4.78 is 7.14. The van der Waals surface area contributed by atoms with Crippen LogP contribution in [0.1, 0.15) is 39.2 Å². The van der Waals surface area contributed by atoms with Crippen LogP contribution in [0.15, 0.2) is 91.5 Å². The number of carbonyl (C=O) groups is 1. The standard InChI is InChI=1S/C29H33NO3Si/c1-5-12-22-17-18-23(21-26(22)30-27(31)19-20-28(30)32)33-34(29(2,3)4,24-13-8-6-9-14-24)25-15-10-7-11-16-25/h5-11,13-18,21,27,31H,1,12,19-20H2,2-4H3. The zero-order valence-corrected chi connectivity index (χ0v) is 21.2. The highest BCUT2D eigenvalue weighted by atomic mass is 28.4. The van der Waals surface area contributed by atoms with Gasteiger partial charge in [-0.05, 0) is 33.5 Å². The molecule has 3 aromatic rings. The first-order valence-electron chi connectivity index (χ1n) is 11.8. The van der Waals surface area contributed by atoms with E-state index in [1.807, 2.05) is 36.4 Å². The number of aliphatic hydroxyl groups excluding tert-OH is 1. The molecule has 1 unspecified atom stereocenters.